The number of methoxy groups -OCH3 is 1. The predicted octanol–water partition coefficient (Wildman–Crippen LogP) is 7.00. The van der Waals surface area contributed by atoms with Crippen LogP contribution in [0.2, 0.25) is 0 Å². The molecule has 5 heteroatoms. The molecule has 0 radical (unpaired) electrons. The molecule has 0 bridgehead atoms. The quantitative estimate of drug-likeness (QED) is 0.416. The Hall–Kier alpha value is -2.37. The molecule has 214 valence electrons. The molecular formula is C34H50N2O3. The Morgan fingerprint density at radius 2 is 1.82 bits per heavy atom. The summed E-state index contributed by atoms with van der Waals surface area (Å²) >= 11 is 0. The highest BCUT2D eigenvalue weighted by Crippen LogP contribution is 2.46. The maximum Gasteiger partial charge on any atom is 0.252 e. The molecule has 0 spiro atoms. The molecule has 2 aromatic carbocycles. The standard InChI is InChI=1S/C34H50N2O3/c1-22(2)25-13-10-11-14-26(25)31-30(35-20-23-19-24(33(3,4)5)16-17-28(23)38-9)27(34(6,7)8)21-36(31)32(37)29-15-12-18-39-29/h10-11,13-14,16-17,19,22,27,29-31,35H,12,15,18,20-21H2,1-9H3/t27?,29-,30?,31?/m0/s1. The number of hydrogen-bond donors (Lipinski definition) is 1. The Kier molecular flexibility index (Phi) is 8.82. The van der Waals surface area contributed by atoms with Crippen LogP contribution >= 0.6 is 0 Å². The van der Waals surface area contributed by atoms with Crippen LogP contribution < -0.4 is 10.1 Å². The number of benzene rings is 2. The number of carbonyl (C=O) groups is 1. The van der Waals surface area contributed by atoms with Crippen molar-refractivity contribution in [2.75, 3.05) is 20.3 Å². The van der Waals surface area contributed by atoms with E-state index in [-0.39, 0.29) is 40.8 Å². The molecule has 0 aliphatic carbocycles. The highest BCUT2D eigenvalue weighted by Gasteiger charge is 2.50. The summed E-state index contributed by atoms with van der Waals surface area (Å²) in [6, 6.07) is 15.2. The van der Waals surface area contributed by atoms with Gasteiger partial charge in [0.05, 0.1) is 13.2 Å². The molecule has 2 saturated heterocycles. The van der Waals surface area contributed by atoms with E-state index in [0.717, 1.165) is 30.7 Å². The average molecular weight is 535 g/mol. The number of amides is 1. The molecule has 3 unspecified atom stereocenters. The lowest BCUT2D eigenvalue weighted by molar-refractivity contribution is -0.142. The van der Waals surface area contributed by atoms with Gasteiger partial charge >= 0.3 is 0 Å². The smallest absolute Gasteiger partial charge is 0.252 e. The first-order valence-corrected chi connectivity index (χ1v) is 14.7. The van der Waals surface area contributed by atoms with Gasteiger partial charge in [0.25, 0.3) is 5.91 Å². The van der Waals surface area contributed by atoms with Gasteiger partial charge in [-0.2, -0.15) is 0 Å². The van der Waals surface area contributed by atoms with Gasteiger partial charge in [-0.05, 0) is 58.3 Å². The van der Waals surface area contributed by atoms with Crippen LogP contribution in [0.4, 0.5) is 0 Å². The Morgan fingerprint density at radius 3 is 2.41 bits per heavy atom. The molecule has 2 fully saturated rings. The number of nitrogens with one attached hydrogen (secondary N) is 1. The van der Waals surface area contributed by atoms with Crippen LogP contribution in [0.1, 0.15) is 102 Å². The topological polar surface area (TPSA) is 50.8 Å². The van der Waals surface area contributed by atoms with Gasteiger partial charge < -0.3 is 19.7 Å². The lowest BCUT2D eigenvalue weighted by atomic mass is 9.75. The third-order valence-corrected chi connectivity index (χ3v) is 8.71. The average Bonchev–Trinajstić information content (AvgIpc) is 3.54. The fourth-order valence-electron chi connectivity index (χ4n) is 6.38. The molecule has 2 aliphatic rings. The van der Waals surface area contributed by atoms with Crippen molar-refractivity contribution in [3.05, 3.63) is 64.7 Å². The molecule has 2 heterocycles. The molecule has 4 atom stereocenters. The SMILES string of the molecule is COc1ccc(C(C)(C)C)cc1CNC1C(c2ccccc2C(C)C)N(C(=O)[C@@H]2CCCO2)CC1C(C)(C)C. The summed E-state index contributed by atoms with van der Waals surface area (Å²) in [5, 5.41) is 3.98. The number of hydrogen-bond acceptors (Lipinski definition) is 4. The van der Waals surface area contributed by atoms with Crippen molar-refractivity contribution in [2.45, 2.75) is 104 Å². The number of likely N-dealkylation sites (tertiary alicyclic amines) is 1. The summed E-state index contributed by atoms with van der Waals surface area (Å²) in [5.74, 6) is 1.66. The zero-order chi connectivity index (χ0) is 28.5. The summed E-state index contributed by atoms with van der Waals surface area (Å²) in [6.45, 7) is 20.2. The Morgan fingerprint density at radius 1 is 1.10 bits per heavy atom. The number of carbonyl (C=O) groups excluding carboxylic acids is 1. The largest absolute Gasteiger partial charge is 0.496 e. The molecule has 0 saturated carbocycles. The molecule has 1 N–H and O–H groups in total. The Balaban J connectivity index is 1.77. The minimum absolute atomic E-state index is 0.00555. The third-order valence-electron chi connectivity index (χ3n) is 8.71. The van der Waals surface area contributed by atoms with Gasteiger partial charge in [-0.25, -0.2) is 0 Å². The van der Waals surface area contributed by atoms with E-state index >= 15 is 0 Å². The van der Waals surface area contributed by atoms with Crippen LogP contribution in [0.3, 0.4) is 0 Å². The van der Waals surface area contributed by atoms with Gasteiger partial charge in [0.2, 0.25) is 0 Å². The van der Waals surface area contributed by atoms with Crippen molar-refractivity contribution in [2.24, 2.45) is 11.3 Å². The lowest BCUT2D eigenvalue weighted by Gasteiger charge is -2.35. The van der Waals surface area contributed by atoms with Crippen LogP contribution in [0, 0.1) is 11.3 Å². The third kappa shape index (κ3) is 6.36. The minimum Gasteiger partial charge on any atom is -0.496 e. The van der Waals surface area contributed by atoms with Crippen molar-refractivity contribution in [3.63, 3.8) is 0 Å². The van der Waals surface area contributed by atoms with E-state index in [1.54, 1.807) is 7.11 Å². The fraction of sp³-hybridized carbons (Fsp3) is 0.618. The van der Waals surface area contributed by atoms with Crippen LogP contribution in [0.5, 0.6) is 5.75 Å². The van der Waals surface area contributed by atoms with E-state index in [0.29, 0.717) is 19.1 Å². The van der Waals surface area contributed by atoms with Gasteiger partial charge in [0, 0.05) is 31.3 Å². The van der Waals surface area contributed by atoms with Gasteiger partial charge in [-0.3, -0.25) is 4.79 Å². The normalized spacial score (nSPS) is 24.0. The van der Waals surface area contributed by atoms with Crippen molar-refractivity contribution >= 4 is 5.91 Å². The first-order valence-electron chi connectivity index (χ1n) is 14.7. The van der Waals surface area contributed by atoms with Gasteiger partial charge in [0.15, 0.2) is 0 Å². The predicted molar refractivity (Wildman–Crippen MR) is 159 cm³/mol. The molecule has 5 nitrogen and oxygen atoms in total. The zero-order valence-corrected chi connectivity index (χ0v) is 25.6. The van der Waals surface area contributed by atoms with Crippen LogP contribution in [0.15, 0.2) is 42.5 Å². The first kappa shape index (κ1) is 29.6. The number of nitrogens with zero attached hydrogens (tertiary/aromatic N) is 1. The highest BCUT2D eigenvalue weighted by molar-refractivity contribution is 5.82. The molecule has 2 aromatic rings. The summed E-state index contributed by atoms with van der Waals surface area (Å²) in [5.41, 5.74) is 5.05. The van der Waals surface area contributed by atoms with Crippen LogP contribution in [0.25, 0.3) is 0 Å². The van der Waals surface area contributed by atoms with Crippen LogP contribution in [-0.2, 0) is 21.5 Å². The van der Waals surface area contributed by atoms with Gasteiger partial charge in [-0.15, -0.1) is 0 Å². The maximum atomic E-state index is 14.0. The molecule has 1 amide bonds. The highest BCUT2D eigenvalue weighted by atomic mass is 16.5. The zero-order valence-electron chi connectivity index (χ0n) is 25.6. The van der Waals surface area contributed by atoms with Gasteiger partial charge in [-0.1, -0.05) is 91.8 Å². The fourth-order valence-corrected chi connectivity index (χ4v) is 6.38. The van der Waals surface area contributed by atoms with Crippen molar-refractivity contribution in [1.29, 1.82) is 0 Å². The van der Waals surface area contributed by atoms with Crippen molar-refractivity contribution in [3.8, 4) is 5.75 Å². The Bertz CT molecular complexity index is 1140. The monoisotopic (exact) mass is 534 g/mol. The minimum atomic E-state index is -0.332. The second-order valence-corrected chi connectivity index (χ2v) is 13.9. The molecule has 4 rings (SSSR count). The molecule has 39 heavy (non-hydrogen) atoms. The second kappa shape index (κ2) is 11.6. The van der Waals surface area contributed by atoms with E-state index in [1.807, 2.05) is 0 Å². The van der Waals surface area contributed by atoms with E-state index in [1.165, 1.54) is 16.7 Å². The Labute approximate surface area is 236 Å². The first-order chi connectivity index (χ1) is 18.3. The molecule has 2 aliphatic heterocycles. The second-order valence-electron chi connectivity index (χ2n) is 13.9. The van der Waals surface area contributed by atoms with Crippen LogP contribution in [-0.4, -0.2) is 43.2 Å². The van der Waals surface area contributed by atoms with E-state index in [9.17, 15) is 4.79 Å². The van der Waals surface area contributed by atoms with E-state index in [4.69, 9.17) is 9.47 Å². The van der Waals surface area contributed by atoms with Crippen molar-refractivity contribution in [1.82, 2.24) is 10.2 Å². The summed E-state index contributed by atoms with van der Waals surface area (Å²) in [6.07, 6.45) is 1.43. The number of ether oxygens (including phenoxy) is 2. The number of rotatable bonds is 7. The van der Waals surface area contributed by atoms with E-state index in [2.05, 4.69) is 108 Å². The summed E-state index contributed by atoms with van der Waals surface area (Å²) < 4.78 is 11.7. The summed E-state index contributed by atoms with van der Waals surface area (Å²) in [7, 11) is 1.74. The molecular weight excluding hydrogens is 484 g/mol. The molecule has 0 aromatic heterocycles. The van der Waals surface area contributed by atoms with E-state index < -0.39 is 0 Å². The summed E-state index contributed by atoms with van der Waals surface area (Å²) in [4.78, 5) is 16.2. The van der Waals surface area contributed by atoms with Crippen molar-refractivity contribution < 1.29 is 14.3 Å². The van der Waals surface area contributed by atoms with Gasteiger partial charge in [0.1, 0.15) is 11.9 Å². The maximum absolute atomic E-state index is 14.0. The lowest BCUT2D eigenvalue weighted by Crippen LogP contribution is -2.44.